The minimum Gasteiger partial charge on any atom is -0.380 e. The zero-order chi connectivity index (χ0) is 9.97. The van der Waals surface area contributed by atoms with Gasteiger partial charge < -0.3 is 10.5 Å². The third-order valence-corrected chi connectivity index (χ3v) is 3.76. The molecule has 0 spiro atoms. The highest BCUT2D eigenvalue weighted by Crippen LogP contribution is 2.28. The molecule has 0 amide bonds. The molecule has 0 aromatic carbocycles. The highest BCUT2D eigenvalue weighted by atomic mass is 16.5. The first-order valence-electron chi connectivity index (χ1n) is 5.83. The van der Waals surface area contributed by atoms with E-state index in [-0.39, 0.29) is 0 Å². The molecular weight excluding hydrogens is 176 g/mol. The van der Waals surface area contributed by atoms with E-state index in [9.17, 15) is 0 Å². The number of hydrogen-bond acceptors (Lipinski definition) is 3. The van der Waals surface area contributed by atoms with Gasteiger partial charge in [-0.3, -0.25) is 4.90 Å². The summed E-state index contributed by atoms with van der Waals surface area (Å²) in [7, 11) is 1.85. The molecule has 14 heavy (non-hydrogen) atoms. The number of nitrogens with zero attached hydrogens (tertiary/aromatic N) is 1. The Kier molecular flexibility index (Phi) is 3.42. The van der Waals surface area contributed by atoms with Gasteiger partial charge in [0.05, 0.1) is 6.10 Å². The predicted octanol–water partition coefficient (Wildman–Crippen LogP) is 0.977. The second-order valence-electron chi connectivity index (χ2n) is 4.65. The van der Waals surface area contributed by atoms with Crippen molar-refractivity contribution in [2.45, 2.75) is 50.3 Å². The van der Waals surface area contributed by atoms with Crippen molar-refractivity contribution in [3.63, 3.8) is 0 Å². The molecule has 3 nitrogen and oxygen atoms in total. The number of likely N-dealkylation sites (tertiary alicyclic amines) is 1. The minimum absolute atomic E-state index is 0.439. The zero-order valence-corrected chi connectivity index (χ0v) is 9.11. The van der Waals surface area contributed by atoms with E-state index in [1.54, 1.807) is 0 Å². The van der Waals surface area contributed by atoms with Crippen molar-refractivity contribution in [3.8, 4) is 0 Å². The van der Waals surface area contributed by atoms with E-state index in [1.165, 1.54) is 32.4 Å². The van der Waals surface area contributed by atoms with E-state index >= 15 is 0 Å². The number of methoxy groups -OCH3 is 1. The van der Waals surface area contributed by atoms with Crippen molar-refractivity contribution in [2.75, 3.05) is 20.2 Å². The second-order valence-corrected chi connectivity index (χ2v) is 4.65. The third kappa shape index (κ3) is 2.10. The largest absolute Gasteiger partial charge is 0.380 e. The summed E-state index contributed by atoms with van der Waals surface area (Å²) in [6, 6.07) is 1.11. The first-order valence-corrected chi connectivity index (χ1v) is 5.83. The van der Waals surface area contributed by atoms with E-state index in [2.05, 4.69) is 4.90 Å². The van der Waals surface area contributed by atoms with E-state index in [0.29, 0.717) is 18.2 Å². The Morgan fingerprint density at radius 3 is 2.50 bits per heavy atom. The van der Waals surface area contributed by atoms with Crippen molar-refractivity contribution in [3.05, 3.63) is 0 Å². The molecule has 2 unspecified atom stereocenters. The fraction of sp³-hybridized carbons (Fsp3) is 1.00. The van der Waals surface area contributed by atoms with Crippen LogP contribution in [0.25, 0.3) is 0 Å². The fourth-order valence-electron chi connectivity index (χ4n) is 2.85. The van der Waals surface area contributed by atoms with Crippen molar-refractivity contribution >= 4 is 0 Å². The van der Waals surface area contributed by atoms with Gasteiger partial charge in [0.2, 0.25) is 0 Å². The summed E-state index contributed by atoms with van der Waals surface area (Å²) in [4.78, 5) is 2.59. The summed E-state index contributed by atoms with van der Waals surface area (Å²) < 4.78 is 5.53. The van der Waals surface area contributed by atoms with E-state index in [1.807, 2.05) is 7.11 Å². The molecule has 2 aliphatic rings. The number of piperidine rings is 1. The second kappa shape index (κ2) is 4.60. The lowest BCUT2D eigenvalue weighted by molar-refractivity contribution is 0.0232. The van der Waals surface area contributed by atoms with Crippen LogP contribution in [0.15, 0.2) is 0 Å². The van der Waals surface area contributed by atoms with Crippen LogP contribution in [0.3, 0.4) is 0 Å². The Balaban J connectivity index is 1.88. The van der Waals surface area contributed by atoms with Gasteiger partial charge in [0.1, 0.15) is 0 Å². The zero-order valence-electron chi connectivity index (χ0n) is 9.11. The van der Waals surface area contributed by atoms with Crippen LogP contribution < -0.4 is 5.73 Å². The van der Waals surface area contributed by atoms with Gasteiger partial charge in [-0.05, 0) is 32.1 Å². The smallest absolute Gasteiger partial charge is 0.0726 e. The SMILES string of the molecule is COC1CCCC1N1CCC(N)CC1. The molecule has 1 aliphatic heterocycles. The normalized spacial score (nSPS) is 36.4. The average Bonchev–Trinajstić information content (AvgIpc) is 2.67. The molecule has 2 atom stereocenters. The first-order chi connectivity index (χ1) is 6.81. The number of ether oxygens (including phenoxy) is 1. The summed E-state index contributed by atoms with van der Waals surface area (Å²) in [5.41, 5.74) is 5.90. The molecule has 2 N–H and O–H groups in total. The summed E-state index contributed by atoms with van der Waals surface area (Å²) >= 11 is 0. The number of nitrogens with two attached hydrogens (primary N) is 1. The van der Waals surface area contributed by atoms with Crippen LogP contribution in [0.4, 0.5) is 0 Å². The van der Waals surface area contributed by atoms with Crippen LogP contribution in [0.2, 0.25) is 0 Å². The van der Waals surface area contributed by atoms with Crippen LogP contribution >= 0.6 is 0 Å². The summed E-state index contributed by atoms with van der Waals surface area (Å²) in [6.07, 6.45) is 6.67. The Morgan fingerprint density at radius 2 is 1.86 bits per heavy atom. The molecule has 0 aromatic heterocycles. The van der Waals surface area contributed by atoms with Crippen LogP contribution in [-0.4, -0.2) is 43.3 Å². The molecule has 1 aliphatic carbocycles. The molecule has 0 bridgehead atoms. The van der Waals surface area contributed by atoms with E-state index in [4.69, 9.17) is 10.5 Å². The van der Waals surface area contributed by atoms with Crippen LogP contribution in [-0.2, 0) is 4.74 Å². The van der Waals surface area contributed by atoms with Crippen LogP contribution in [0.1, 0.15) is 32.1 Å². The molecule has 3 heteroatoms. The van der Waals surface area contributed by atoms with Crippen molar-refractivity contribution in [1.82, 2.24) is 4.90 Å². The molecule has 0 radical (unpaired) electrons. The summed E-state index contributed by atoms with van der Waals surface area (Å²) in [5.74, 6) is 0. The molecule has 0 aromatic rings. The lowest BCUT2D eigenvalue weighted by Gasteiger charge is -2.37. The third-order valence-electron chi connectivity index (χ3n) is 3.76. The highest BCUT2D eigenvalue weighted by molar-refractivity contribution is 4.89. The fourth-order valence-corrected chi connectivity index (χ4v) is 2.85. The van der Waals surface area contributed by atoms with Gasteiger partial charge in [-0.25, -0.2) is 0 Å². The Hall–Kier alpha value is -0.120. The first kappa shape index (κ1) is 10.4. The van der Waals surface area contributed by atoms with E-state index < -0.39 is 0 Å². The molecule has 1 heterocycles. The maximum Gasteiger partial charge on any atom is 0.0726 e. The van der Waals surface area contributed by atoms with Gasteiger partial charge in [-0.1, -0.05) is 0 Å². The quantitative estimate of drug-likeness (QED) is 0.719. The average molecular weight is 198 g/mol. The number of rotatable bonds is 2. The molecular formula is C11H22N2O. The highest BCUT2D eigenvalue weighted by Gasteiger charge is 2.33. The summed E-state index contributed by atoms with van der Waals surface area (Å²) in [5, 5.41) is 0. The van der Waals surface area contributed by atoms with Crippen LogP contribution in [0, 0.1) is 0 Å². The maximum atomic E-state index is 5.90. The standard InChI is InChI=1S/C11H22N2O/c1-14-11-4-2-3-10(11)13-7-5-9(12)6-8-13/h9-11H,2-8,12H2,1H3. The van der Waals surface area contributed by atoms with Crippen molar-refractivity contribution in [2.24, 2.45) is 5.73 Å². The van der Waals surface area contributed by atoms with Gasteiger partial charge in [0, 0.05) is 32.3 Å². The van der Waals surface area contributed by atoms with Gasteiger partial charge in [-0.15, -0.1) is 0 Å². The number of hydrogen-bond donors (Lipinski definition) is 1. The maximum absolute atomic E-state index is 5.90. The van der Waals surface area contributed by atoms with Crippen molar-refractivity contribution < 1.29 is 4.74 Å². The molecule has 2 rings (SSSR count). The van der Waals surface area contributed by atoms with Gasteiger partial charge >= 0.3 is 0 Å². The predicted molar refractivity (Wildman–Crippen MR) is 57.2 cm³/mol. The molecule has 1 saturated heterocycles. The van der Waals surface area contributed by atoms with Gasteiger partial charge in [-0.2, -0.15) is 0 Å². The minimum atomic E-state index is 0.439. The Labute approximate surface area is 86.6 Å². The monoisotopic (exact) mass is 198 g/mol. The Bertz CT molecular complexity index is 178. The molecule has 82 valence electrons. The summed E-state index contributed by atoms with van der Waals surface area (Å²) in [6.45, 7) is 2.34. The molecule has 2 fully saturated rings. The van der Waals surface area contributed by atoms with Crippen LogP contribution in [0.5, 0.6) is 0 Å². The van der Waals surface area contributed by atoms with E-state index in [0.717, 1.165) is 12.8 Å². The lowest BCUT2D eigenvalue weighted by atomic mass is 10.0. The van der Waals surface area contributed by atoms with Gasteiger partial charge in [0.15, 0.2) is 0 Å². The molecule has 1 saturated carbocycles. The topological polar surface area (TPSA) is 38.5 Å². The van der Waals surface area contributed by atoms with Crippen molar-refractivity contribution in [1.29, 1.82) is 0 Å². The van der Waals surface area contributed by atoms with Gasteiger partial charge in [0.25, 0.3) is 0 Å². The Morgan fingerprint density at radius 1 is 1.14 bits per heavy atom. The lowest BCUT2D eigenvalue weighted by Crippen LogP contribution is -2.48.